The summed E-state index contributed by atoms with van der Waals surface area (Å²) in [6.07, 6.45) is -4.22. The fourth-order valence-electron chi connectivity index (χ4n) is 3.87. The van der Waals surface area contributed by atoms with Crippen LogP contribution in [0.5, 0.6) is 6.01 Å². The number of nitrogens with zero attached hydrogens (tertiary/aromatic N) is 2. The van der Waals surface area contributed by atoms with E-state index in [1.807, 2.05) is 42.5 Å². The molecule has 4 aromatic rings. The molecule has 33 heavy (non-hydrogen) atoms. The third-order valence-corrected chi connectivity index (χ3v) is 5.99. The van der Waals surface area contributed by atoms with E-state index < -0.39 is 31.0 Å². The van der Waals surface area contributed by atoms with Gasteiger partial charge < -0.3 is 29.8 Å². The van der Waals surface area contributed by atoms with E-state index in [-0.39, 0.29) is 12.6 Å². The van der Waals surface area contributed by atoms with Gasteiger partial charge in [-0.05, 0) is 17.2 Å². The van der Waals surface area contributed by atoms with Crippen molar-refractivity contribution in [2.75, 3.05) is 13.2 Å². The highest BCUT2D eigenvalue weighted by Crippen LogP contribution is 2.31. The summed E-state index contributed by atoms with van der Waals surface area (Å²) in [4.78, 5) is 11.9. The van der Waals surface area contributed by atoms with Crippen molar-refractivity contribution in [1.82, 2.24) is 15.0 Å². The average Bonchev–Trinajstić information content (AvgIpc) is 3.23. The molecule has 2 aromatic carbocycles. The second-order valence-corrected chi connectivity index (χ2v) is 8.27. The Bertz CT molecular complexity index is 1250. The van der Waals surface area contributed by atoms with Crippen molar-refractivity contribution in [3.05, 3.63) is 65.7 Å². The van der Waals surface area contributed by atoms with Crippen LogP contribution in [0.2, 0.25) is 5.02 Å². The van der Waals surface area contributed by atoms with Gasteiger partial charge in [-0.15, -0.1) is 0 Å². The van der Waals surface area contributed by atoms with Crippen LogP contribution < -0.4 is 4.74 Å². The van der Waals surface area contributed by atoms with Crippen molar-refractivity contribution < 1.29 is 24.8 Å². The van der Waals surface area contributed by atoms with Crippen LogP contribution in [0.4, 0.5) is 0 Å². The van der Waals surface area contributed by atoms with E-state index in [1.165, 1.54) is 0 Å². The van der Waals surface area contributed by atoms with Crippen molar-refractivity contribution in [1.29, 1.82) is 0 Å². The number of halogens is 1. The van der Waals surface area contributed by atoms with Crippen LogP contribution in [0.3, 0.4) is 0 Å². The van der Waals surface area contributed by atoms with Gasteiger partial charge in [0, 0.05) is 5.56 Å². The first-order valence-electron chi connectivity index (χ1n) is 10.5. The maximum absolute atomic E-state index is 10.3. The summed E-state index contributed by atoms with van der Waals surface area (Å²) in [7, 11) is 0. The molecule has 0 saturated carbocycles. The molecular formula is C24H22ClN3O5. The van der Waals surface area contributed by atoms with Gasteiger partial charge in [0.2, 0.25) is 0 Å². The van der Waals surface area contributed by atoms with Crippen molar-refractivity contribution >= 4 is 22.8 Å². The minimum absolute atomic E-state index is 0.00625. The molecule has 0 unspecified atom stereocenters. The largest absolute Gasteiger partial charge is 0.456 e. The van der Waals surface area contributed by atoms with Gasteiger partial charge in [-0.1, -0.05) is 66.2 Å². The highest BCUT2D eigenvalue weighted by Gasteiger charge is 2.39. The third-order valence-electron chi connectivity index (χ3n) is 5.70. The molecule has 3 heterocycles. The van der Waals surface area contributed by atoms with Crippen LogP contribution in [0.15, 0.2) is 60.7 Å². The summed E-state index contributed by atoms with van der Waals surface area (Å²) >= 11 is 6.50. The molecule has 5 rings (SSSR count). The van der Waals surface area contributed by atoms with Gasteiger partial charge >= 0.3 is 0 Å². The monoisotopic (exact) mass is 467 g/mol. The van der Waals surface area contributed by atoms with Crippen LogP contribution in [0.1, 0.15) is 0 Å². The SMILES string of the molecule is OC[C@H]1OC[C@H](Oc2nc3nc(-c4ccc(-c5ccccc5)cc4)c(Cl)cc3[nH]2)[C@@H](O)[C@@H]1O. The highest BCUT2D eigenvalue weighted by atomic mass is 35.5. The molecule has 8 nitrogen and oxygen atoms in total. The van der Waals surface area contributed by atoms with E-state index in [0.29, 0.717) is 21.9 Å². The zero-order chi connectivity index (χ0) is 22.9. The van der Waals surface area contributed by atoms with Crippen LogP contribution in [0, 0.1) is 0 Å². The molecule has 1 aliphatic rings. The molecular weight excluding hydrogens is 446 g/mol. The predicted octanol–water partition coefficient (Wildman–Crippen LogP) is 2.81. The maximum Gasteiger partial charge on any atom is 0.296 e. The fourth-order valence-corrected chi connectivity index (χ4v) is 4.13. The number of aromatic amines is 1. The Morgan fingerprint density at radius 3 is 2.39 bits per heavy atom. The molecule has 0 amide bonds. The van der Waals surface area contributed by atoms with E-state index in [9.17, 15) is 15.3 Å². The molecule has 1 saturated heterocycles. The Labute approximate surface area is 194 Å². The standard InChI is InChI=1S/C24H22ClN3O5/c25-16-10-17-23(28-24(26-17)33-19-12-32-18(11-29)21(30)22(19)31)27-20(16)15-8-6-14(7-9-15)13-4-2-1-3-5-13/h1-10,18-19,21-22,29-31H,11-12H2,(H,26,27,28)/t18-,19+,21-,22-/m1/s1. The predicted molar refractivity (Wildman–Crippen MR) is 123 cm³/mol. The lowest BCUT2D eigenvalue weighted by Gasteiger charge is -2.36. The first-order chi connectivity index (χ1) is 16.0. The summed E-state index contributed by atoms with van der Waals surface area (Å²) in [5.41, 5.74) is 4.62. The molecule has 0 aliphatic carbocycles. The summed E-state index contributed by atoms with van der Waals surface area (Å²) in [6, 6.07) is 19.9. The first-order valence-corrected chi connectivity index (χ1v) is 10.9. The number of rotatable bonds is 5. The Morgan fingerprint density at radius 2 is 1.67 bits per heavy atom. The van der Waals surface area contributed by atoms with Gasteiger partial charge in [-0.25, -0.2) is 4.98 Å². The van der Waals surface area contributed by atoms with Gasteiger partial charge in [0.15, 0.2) is 11.8 Å². The van der Waals surface area contributed by atoms with Gasteiger partial charge in [0.25, 0.3) is 6.01 Å². The van der Waals surface area contributed by atoms with Gasteiger partial charge in [0.1, 0.15) is 18.3 Å². The molecule has 4 N–H and O–H groups in total. The van der Waals surface area contributed by atoms with Crippen molar-refractivity contribution in [3.8, 4) is 28.4 Å². The molecule has 4 atom stereocenters. The number of hydrogen-bond acceptors (Lipinski definition) is 7. The summed E-state index contributed by atoms with van der Waals surface area (Å²) in [5, 5.41) is 30.0. The molecule has 1 aliphatic heterocycles. The van der Waals surface area contributed by atoms with E-state index in [4.69, 9.17) is 21.1 Å². The van der Waals surface area contributed by atoms with Crippen LogP contribution in [-0.2, 0) is 4.74 Å². The quantitative estimate of drug-likeness (QED) is 0.356. The minimum Gasteiger partial charge on any atom is -0.456 e. The molecule has 0 bridgehead atoms. The number of imidazole rings is 1. The van der Waals surface area contributed by atoms with E-state index in [2.05, 4.69) is 27.1 Å². The number of aromatic nitrogens is 3. The lowest BCUT2D eigenvalue weighted by Crippen LogP contribution is -2.56. The van der Waals surface area contributed by atoms with Gasteiger partial charge in [0.05, 0.1) is 29.4 Å². The normalized spacial score (nSPS) is 23.0. The van der Waals surface area contributed by atoms with Gasteiger partial charge in [-0.2, -0.15) is 4.98 Å². The second kappa shape index (κ2) is 9.09. The second-order valence-electron chi connectivity index (χ2n) is 7.87. The Morgan fingerprint density at radius 1 is 0.970 bits per heavy atom. The number of ether oxygens (including phenoxy) is 2. The van der Waals surface area contributed by atoms with E-state index in [1.54, 1.807) is 6.07 Å². The topological polar surface area (TPSA) is 121 Å². The molecule has 170 valence electrons. The molecule has 9 heteroatoms. The zero-order valence-corrected chi connectivity index (χ0v) is 18.2. The smallest absolute Gasteiger partial charge is 0.296 e. The third kappa shape index (κ3) is 4.31. The van der Waals surface area contributed by atoms with Crippen LogP contribution in [-0.4, -0.2) is 67.9 Å². The number of pyridine rings is 1. The molecule has 0 spiro atoms. The Balaban J connectivity index is 1.38. The summed E-state index contributed by atoms with van der Waals surface area (Å²) < 4.78 is 11.0. The summed E-state index contributed by atoms with van der Waals surface area (Å²) in [5.74, 6) is 0. The fraction of sp³-hybridized carbons (Fsp3) is 0.250. The molecule has 1 fully saturated rings. The highest BCUT2D eigenvalue weighted by molar-refractivity contribution is 6.33. The lowest BCUT2D eigenvalue weighted by molar-refractivity contribution is -0.189. The molecule has 0 radical (unpaired) electrons. The first kappa shape index (κ1) is 21.8. The van der Waals surface area contributed by atoms with Crippen LogP contribution >= 0.6 is 11.6 Å². The number of aliphatic hydroxyl groups excluding tert-OH is 3. The number of aliphatic hydroxyl groups is 3. The summed E-state index contributed by atoms with van der Waals surface area (Å²) in [6.45, 7) is -0.402. The number of benzene rings is 2. The maximum atomic E-state index is 10.3. The van der Waals surface area contributed by atoms with E-state index in [0.717, 1.165) is 16.7 Å². The van der Waals surface area contributed by atoms with Gasteiger partial charge in [-0.3, -0.25) is 0 Å². The number of hydrogen-bond donors (Lipinski definition) is 4. The Hall–Kier alpha value is -3.01. The zero-order valence-electron chi connectivity index (χ0n) is 17.4. The minimum atomic E-state index is -1.27. The van der Waals surface area contributed by atoms with Crippen molar-refractivity contribution in [2.45, 2.75) is 24.4 Å². The number of H-pyrrole nitrogens is 1. The van der Waals surface area contributed by atoms with Crippen molar-refractivity contribution in [3.63, 3.8) is 0 Å². The Kier molecular flexibility index (Phi) is 6.01. The van der Waals surface area contributed by atoms with Crippen molar-refractivity contribution in [2.24, 2.45) is 0 Å². The number of nitrogens with one attached hydrogen (secondary N) is 1. The number of fused-ring (bicyclic) bond motifs is 1. The van der Waals surface area contributed by atoms with Crippen LogP contribution in [0.25, 0.3) is 33.5 Å². The average molecular weight is 468 g/mol. The van der Waals surface area contributed by atoms with E-state index >= 15 is 0 Å². The molecule has 2 aromatic heterocycles. The lowest BCUT2D eigenvalue weighted by atomic mass is 10.0.